The van der Waals surface area contributed by atoms with Crippen molar-refractivity contribution in [2.75, 3.05) is 6.61 Å². The summed E-state index contributed by atoms with van der Waals surface area (Å²) in [5.41, 5.74) is 0. The highest BCUT2D eigenvalue weighted by molar-refractivity contribution is 7.98. The van der Waals surface area contributed by atoms with Gasteiger partial charge in [-0.05, 0) is 37.1 Å². The van der Waals surface area contributed by atoms with E-state index >= 15 is 0 Å². The predicted octanol–water partition coefficient (Wildman–Crippen LogP) is 2.56. The third-order valence-corrected chi connectivity index (χ3v) is 4.64. The fraction of sp³-hybridized carbons (Fsp3) is 0.769. The first kappa shape index (κ1) is 15.4. The van der Waals surface area contributed by atoms with E-state index in [1.807, 2.05) is 18.5 Å². The van der Waals surface area contributed by atoms with Crippen molar-refractivity contribution in [2.45, 2.75) is 62.6 Å². The lowest BCUT2D eigenvalue weighted by Crippen LogP contribution is -2.08. The van der Waals surface area contributed by atoms with Crippen LogP contribution in [0.4, 0.5) is 0 Å². The molecule has 3 rings (SSSR count). The molecule has 22 heavy (non-hydrogen) atoms. The van der Waals surface area contributed by atoms with E-state index in [1.165, 1.54) is 24.6 Å². The number of tetrazole rings is 1. The van der Waals surface area contributed by atoms with Gasteiger partial charge < -0.3 is 9.26 Å². The Morgan fingerprint density at radius 2 is 2.23 bits per heavy atom. The van der Waals surface area contributed by atoms with Crippen molar-refractivity contribution < 1.29 is 9.26 Å². The summed E-state index contributed by atoms with van der Waals surface area (Å²) in [5.74, 6) is 1.69. The third-order valence-electron chi connectivity index (χ3n) is 3.72. The van der Waals surface area contributed by atoms with Crippen molar-refractivity contribution in [1.82, 2.24) is 30.3 Å². The third kappa shape index (κ3) is 3.46. The SMILES string of the molecule is CCOC(C)c1noc(CSc2nnnn2C2CCCC2)n1. The average molecular weight is 324 g/mol. The van der Waals surface area contributed by atoms with Gasteiger partial charge >= 0.3 is 0 Å². The molecule has 1 aliphatic rings. The summed E-state index contributed by atoms with van der Waals surface area (Å²) in [6.45, 7) is 4.47. The highest BCUT2D eigenvalue weighted by atomic mass is 32.2. The number of ether oxygens (including phenoxy) is 1. The van der Waals surface area contributed by atoms with E-state index in [2.05, 4.69) is 25.7 Å². The normalized spacial score (nSPS) is 17.2. The Kier molecular flexibility index (Phi) is 5.04. The molecule has 120 valence electrons. The zero-order valence-corrected chi connectivity index (χ0v) is 13.6. The first-order valence-electron chi connectivity index (χ1n) is 7.62. The lowest BCUT2D eigenvalue weighted by Gasteiger charge is -2.09. The Balaban J connectivity index is 1.60. The van der Waals surface area contributed by atoms with Gasteiger partial charge in [0.15, 0.2) is 5.82 Å². The molecule has 0 aliphatic heterocycles. The van der Waals surface area contributed by atoms with E-state index in [4.69, 9.17) is 9.26 Å². The molecule has 9 heteroatoms. The topological polar surface area (TPSA) is 91.8 Å². The van der Waals surface area contributed by atoms with E-state index < -0.39 is 0 Å². The van der Waals surface area contributed by atoms with Crippen LogP contribution in [-0.2, 0) is 10.5 Å². The summed E-state index contributed by atoms with van der Waals surface area (Å²) in [4.78, 5) is 4.35. The van der Waals surface area contributed by atoms with Gasteiger partial charge in [0.1, 0.15) is 6.10 Å². The molecule has 1 aliphatic carbocycles. The number of rotatable bonds is 7. The van der Waals surface area contributed by atoms with Crippen LogP contribution in [-0.4, -0.2) is 37.0 Å². The zero-order chi connectivity index (χ0) is 15.4. The summed E-state index contributed by atoms with van der Waals surface area (Å²) in [7, 11) is 0. The first-order valence-corrected chi connectivity index (χ1v) is 8.61. The minimum atomic E-state index is -0.156. The number of hydrogen-bond acceptors (Lipinski definition) is 8. The second kappa shape index (κ2) is 7.19. The van der Waals surface area contributed by atoms with Gasteiger partial charge in [-0.2, -0.15) is 4.98 Å². The molecular formula is C13H20N6O2S. The van der Waals surface area contributed by atoms with E-state index in [9.17, 15) is 0 Å². The van der Waals surface area contributed by atoms with Crippen LogP contribution in [0.3, 0.4) is 0 Å². The Morgan fingerprint density at radius 3 is 3.00 bits per heavy atom. The summed E-state index contributed by atoms with van der Waals surface area (Å²) in [6.07, 6.45) is 4.63. The molecule has 0 amide bonds. The monoisotopic (exact) mass is 324 g/mol. The van der Waals surface area contributed by atoms with Crippen molar-refractivity contribution in [3.05, 3.63) is 11.7 Å². The molecule has 0 bridgehead atoms. The fourth-order valence-electron chi connectivity index (χ4n) is 2.60. The second-order valence-electron chi connectivity index (χ2n) is 5.28. The molecule has 2 heterocycles. The number of hydrogen-bond donors (Lipinski definition) is 0. The average Bonchev–Trinajstić information content (AvgIpc) is 3.25. The largest absolute Gasteiger partial charge is 0.371 e. The molecule has 0 spiro atoms. The molecule has 0 saturated heterocycles. The predicted molar refractivity (Wildman–Crippen MR) is 79.2 cm³/mol. The highest BCUT2D eigenvalue weighted by Gasteiger charge is 2.22. The smallest absolute Gasteiger partial charge is 0.237 e. The minimum Gasteiger partial charge on any atom is -0.371 e. The van der Waals surface area contributed by atoms with E-state index in [-0.39, 0.29) is 6.10 Å². The molecule has 2 aromatic heterocycles. The van der Waals surface area contributed by atoms with Crippen LogP contribution in [0.2, 0.25) is 0 Å². The second-order valence-corrected chi connectivity index (χ2v) is 6.22. The van der Waals surface area contributed by atoms with E-state index in [0.29, 0.717) is 30.1 Å². The van der Waals surface area contributed by atoms with Gasteiger partial charge in [0.25, 0.3) is 0 Å². The van der Waals surface area contributed by atoms with Gasteiger partial charge in [0.2, 0.25) is 11.0 Å². The fourth-order valence-corrected chi connectivity index (χ4v) is 3.38. The van der Waals surface area contributed by atoms with E-state index in [0.717, 1.165) is 18.0 Å². The van der Waals surface area contributed by atoms with Gasteiger partial charge in [0.05, 0.1) is 11.8 Å². The van der Waals surface area contributed by atoms with Gasteiger partial charge in [-0.15, -0.1) is 5.10 Å². The maximum Gasteiger partial charge on any atom is 0.237 e. The highest BCUT2D eigenvalue weighted by Crippen LogP contribution is 2.32. The van der Waals surface area contributed by atoms with Crippen LogP contribution in [0.1, 0.15) is 63.4 Å². The van der Waals surface area contributed by atoms with Crippen molar-refractivity contribution in [1.29, 1.82) is 0 Å². The number of aromatic nitrogens is 6. The van der Waals surface area contributed by atoms with Crippen LogP contribution in [0.15, 0.2) is 9.68 Å². The van der Waals surface area contributed by atoms with Crippen LogP contribution in [0.5, 0.6) is 0 Å². The van der Waals surface area contributed by atoms with Crippen LogP contribution in [0, 0.1) is 0 Å². The van der Waals surface area contributed by atoms with Crippen molar-refractivity contribution in [2.24, 2.45) is 0 Å². The molecule has 8 nitrogen and oxygen atoms in total. The summed E-state index contributed by atoms with van der Waals surface area (Å²) in [5, 5.41) is 16.8. The molecule has 1 fully saturated rings. The molecule has 1 saturated carbocycles. The van der Waals surface area contributed by atoms with Crippen molar-refractivity contribution in [3.8, 4) is 0 Å². The maximum atomic E-state index is 5.45. The number of nitrogens with zero attached hydrogens (tertiary/aromatic N) is 6. The molecule has 0 N–H and O–H groups in total. The van der Waals surface area contributed by atoms with Crippen LogP contribution < -0.4 is 0 Å². The lowest BCUT2D eigenvalue weighted by atomic mass is 10.3. The summed E-state index contributed by atoms with van der Waals surface area (Å²) < 4.78 is 12.6. The van der Waals surface area contributed by atoms with E-state index in [1.54, 1.807) is 0 Å². The molecule has 1 unspecified atom stereocenters. The van der Waals surface area contributed by atoms with Crippen molar-refractivity contribution in [3.63, 3.8) is 0 Å². The standard InChI is InChI=1S/C13H20N6O2S/c1-3-20-9(2)12-14-11(21-16-12)8-22-13-15-17-18-19(13)10-6-4-5-7-10/h9-10H,3-8H2,1-2H3. The Labute approximate surface area is 133 Å². The molecular weight excluding hydrogens is 304 g/mol. The Morgan fingerprint density at radius 1 is 1.41 bits per heavy atom. The van der Waals surface area contributed by atoms with Gasteiger partial charge in [-0.3, -0.25) is 0 Å². The molecule has 0 radical (unpaired) electrons. The van der Waals surface area contributed by atoms with Gasteiger partial charge in [-0.25, -0.2) is 4.68 Å². The molecule has 1 atom stereocenters. The molecule has 2 aromatic rings. The van der Waals surface area contributed by atoms with Crippen LogP contribution in [0.25, 0.3) is 0 Å². The van der Waals surface area contributed by atoms with Gasteiger partial charge in [-0.1, -0.05) is 29.8 Å². The lowest BCUT2D eigenvalue weighted by molar-refractivity contribution is 0.0683. The summed E-state index contributed by atoms with van der Waals surface area (Å²) in [6, 6.07) is 0.425. The van der Waals surface area contributed by atoms with Crippen molar-refractivity contribution >= 4 is 11.8 Å². The first-order chi connectivity index (χ1) is 10.8. The maximum absolute atomic E-state index is 5.45. The zero-order valence-electron chi connectivity index (χ0n) is 12.8. The summed E-state index contributed by atoms with van der Waals surface area (Å²) >= 11 is 1.52. The van der Waals surface area contributed by atoms with Gasteiger partial charge in [0, 0.05) is 6.61 Å². The Hall–Kier alpha value is -1.48. The van der Waals surface area contributed by atoms with Crippen LogP contribution >= 0.6 is 11.8 Å². The Bertz CT molecular complexity index is 595. The number of thioether (sulfide) groups is 1. The minimum absolute atomic E-state index is 0.156. The molecule has 0 aromatic carbocycles. The quantitative estimate of drug-likeness (QED) is 0.718.